The van der Waals surface area contributed by atoms with Crippen LogP contribution in [0.2, 0.25) is 0 Å². The first-order valence-corrected chi connectivity index (χ1v) is 15.2. The highest BCUT2D eigenvalue weighted by Gasteiger charge is 2.28. The lowest BCUT2D eigenvalue weighted by molar-refractivity contribution is 0.103. The molecule has 0 bridgehead atoms. The fourth-order valence-corrected chi connectivity index (χ4v) is 5.48. The van der Waals surface area contributed by atoms with Crippen LogP contribution in [0.25, 0.3) is 22.2 Å². The standard InChI is InChI=1S/C30H29F4N5O2S.C2H6/c1-39(2)10-3-11-41-26-9-4-17(14-35-26)18-12-20-21(16-37-30(20)36-15-18)29(40)27-23(33)7-8-24(28(27)34)38-42-25-13-19(31)5-6-22(25)32;1-2/h4,7-9,12-16,22,25,38H,3,5-6,10-11H2,1-2H3,(H,36,37);1-2H3. The van der Waals surface area contributed by atoms with Crippen molar-refractivity contribution in [2.75, 3.05) is 32.0 Å². The van der Waals surface area contributed by atoms with Gasteiger partial charge in [0, 0.05) is 59.7 Å². The normalized spacial score (nSPS) is 16.3. The molecule has 0 aliphatic heterocycles. The Labute approximate surface area is 258 Å². The molecule has 1 aliphatic rings. The van der Waals surface area contributed by atoms with Gasteiger partial charge in [-0.15, -0.1) is 0 Å². The smallest absolute Gasteiger partial charge is 0.213 e. The Morgan fingerprint density at radius 2 is 1.89 bits per heavy atom. The minimum atomic E-state index is -1.33. The molecule has 5 rings (SSSR count). The number of carbonyl (C=O) groups excluding carboxylic acids is 1. The first-order chi connectivity index (χ1) is 21.2. The lowest BCUT2D eigenvalue weighted by atomic mass is 10.00. The Balaban J connectivity index is 0.00000216. The number of rotatable bonds is 11. The van der Waals surface area contributed by atoms with E-state index >= 15 is 4.39 Å². The molecule has 0 spiro atoms. The number of aromatic amines is 1. The average molecular weight is 630 g/mol. The zero-order valence-corrected chi connectivity index (χ0v) is 25.8. The lowest BCUT2D eigenvalue weighted by Crippen LogP contribution is -2.22. The molecule has 3 aromatic heterocycles. The topological polar surface area (TPSA) is 83.1 Å². The number of nitrogens with zero attached hydrogens (tertiary/aromatic N) is 3. The van der Waals surface area contributed by atoms with Crippen molar-refractivity contribution in [1.29, 1.82) is 0 Å². The molecule has 1 aromatic carbocycles. The maximum absolute atomic E-state index is 15.5. The number of halogens is 4. The van der Waals surface area contributed by atoms with Crippen LogP contribution < -0.4 is 9.46 Å². The van der Waals surface area contributed by atoms with Crippen LogP contribution in [-0.2, 0) is 0 Å². The highest BCUT2D eigenvalue weighted by molar-refractivity contribution is 8.01. The Morgan fingerprint density at radius 3 is 2.61 bits per heavy atom. The molecule has 234 valence electrons. The number of H-pyrrole nitrogens is 1. The van der Waals surface area contributed by atoms with Gasteiger partial charge in [-0.05, 0) is 69.2 Å². The van der Waals surface area contributed by atoms with E-state index < -0.39 is 40.2 Å². The van der Waals surface area contributed by atoms with Gasteiger partial charge in [0.15, 0.2) is 5.82 Å². The first kappa shape index (κ1) is 33.0. The Kier molecular flexibility index (Phi) is 11.4. The van der Waals surface area contributed by atoms with Gasteiger partial charge in [-0.1, -0.05) is 13.8 Å². The van der Waals surface area contributed by atoms with E-state index in [-0.39, 0.29) is 24.1 Å². The maximum atomic E-state index is 15.5. The number of aromatic nitrogens is 3. The summed E-state index contributed by atoms with van der Waals surface area (Å²) in [7, 11) is 3.98. The Bertz CT molecular complexity index is 1610. The lowest BCUT2D eigenvalue weighted by Gasteiger charge is -2.22. The van der Waals surface area contributed by atoms with E-state index in [2.05, 4.69) is 24.6 Å². The third kappa shape index (κ3) is 7.78. The van der Waals surface area contributed by atoms with Crippen molar-refractivity contribution >= 4 is 34.5 Å². The second-order valence-electron chi connectivity index (χ2n) is 10.2. The molecule has 7 nitrogen and oxygen atoms in total. The number of benzene rings is 1. The van der Waals surface area contributed by atoms with Gasteiger partial charge in [-0.3, -0.25) is 4.79 Å². The molecule has 0 fully saturated rings. The van der Waals surface area contributed by atoms with Crippen molar-refractivity contribution in [3.8, 4) is 17.0 Å². The molecule has 0 saturated carbocycles. The summed E-state index contributed by atoms with van der Waals surface area (Å²) in [6.45, 7) is 5.43. The predicted octanol–water partition coefficient (Wildman–Crippen LogP) is 7.90. The summed E-state index contributed by atoms with van der Waals surface area (Å²) >= 11 is 0.762. The third-order valence-corrected chi connectivity index (χ3v) is 7.87. The van der Waals surface area contributed by atoms with Gasteiger partial charge in [0.25, 0.3) is 0 Å². The number of ether oxygens (including phenoxy) is 1. The second-order valence-corrected chi connectivity index (χ2v) is 11.2. The summed E-state index contributed by atoms with van der Waals surface area (Å²) in [6, 6.07) is 7.31. The average Bonchev–Trinajstić information content (AvgIpc) is 3.45. The van der Waals surface area contributed by atoms with Crippen LogP contribution in [0.3, 0.4) is 0 Å². The predicted molar refractivity (Wildman–Crippen MR) is 167 cm³/mol. The molecule has 0 radical (unpaired) electrons. The van der Waals surface area contributed by atoms with E-state index in [1.54, 1.807) is 24.5 Å². The number of nitrogens with one attached hydrogen (secondary N) is 2. The molecule has 0 amide bonds. The van der Waals surface area contributed by atoms with Gasteiger partial charge in [0.1, 0.15) is 17.6 Å². The van der Waals surface area contributed by atoms with Crippen LogP contribution in [-0.4, -0.2) is 64.3 Å². The summed E-state index contributed by atoms with van der Waals surface area (Å²) in [5.74, 6) is -3.04. The molecule has 2 N–H and O–H groups in total. The summed E-state index contributed by atoms with van der Waals surface area (Å²) < 4.78 is 66.4. The first-order valence-electron chi connectivity index (χ1n) is 14.4. The summed E-state index contributed by atoms with van der Waals surface area (Å²) in [4.78, 5) is 27.1. The number of alkyl halides is 1. The van der Waals surface area contributed by atoms with Crippen molar-refractivity contribution < 1.29 is 27.1 Å². The monoisotopic (exact) mass is 629 g/mol. The van der Waals surface area contributed by atoms with Gasteiger partial charge >= 0.3 is 0 Å². The third-order valence-electron chi connectivity index (χ3n) is 6.83. The van der Waals surface area contributed by atoms with E-state index in [0.717, 1.165) is 43.1 Å². The maximum Gasteiger partial charge on any atom is 0.213 e. The van der Waals surface area contributed by atoms with Gasteiger partial charge in [0.05, 0.1) is 28.9 Å². The zero-order chi connectivity index (χ0) is 31.8. The van der Waals surface area contributed by atoms with Gasteiger partial charge in [0.2, 0.25) is 11.7 Å². The van der Waals surface area contributed by atoms with Crippen LogP contribution in [0, 0.1) is 11.6 Å². The van der Waals surface area contributed by atoms with E-state index in [9.17, 15) is 18.0 Å². The second kappa shape index (κ2) is 15.2. The number of hydrogen-bond donors (Lipinski definition) is 2. The number of anilines is 1. The minimum absolute atomic E-state index is 0.0104. The summed E-state index contributed by atoms with van der Waals surface area (Å²) in [6.07, 6.45) is 5.27. The quantitative estimate of drug-likeness (QED) is 0.0755. The highest BCUT2D eigenvalue weighted by Crippen LogP contribution is 2.34. The fraction of sp³-hybridized carbons (Fsp3) is 0.344. The van der Waals surface area contributed by atoms with Crippen molar-refractivity contribution in [2.24, 2.45) is 0 Å². The molecule has 3 heterocycles. The van der Waals surface area contributed by atoms with E-state index in [0.29, 0.717) is 34.6 Å². The SMILES string of the molecule is CC.CN(C)CCCOc1ccc(-c2cnc3[nH]cc(C(=O)c4c(F)ccc(NSC5C=C(F)CCC5F)c4F)c3c2)cn1. The van der Waals surface area contributed by atoms with Crippen molar-refractivity contribution in [1.82, 2.24) is 19.9 Å². The number of ketones is 1. The van der Waals surface area contributed by atoms with E-state index in [1.807, 2.05) is 34.0 Å². The van der Waals surface area contributed by atoms with Crippen LogP contribution in [0.1, 0.15) is 49.0 Å². The molecule has 2 atom stereocenters. The highest BCUT2D eigenvalue weighted by atomic mass is 32.2. The molecule has 0 saturated heterocycles. The van der Waals surface area contributed by atoms with Gasteiger partial charge in [-0.25, -0.2) is 27.5 Å². The van der Waals surface area contributed by atoms with Gasteiger partial charge in [-0.2, -0.15) is 0 Å². The van der Waals surface area contributed by atoms with E-state index in [4.69, 9.17) is 4.74 Å². The summed E-state index contributed by atoms with van der Waals surface area (Å²) in [5, 5.41) is -0.519. The molecular weight excluding hydrogens is 594 g/mol. The van der Waals surface area contributed by atoms with Crippen LogP contribution in [0.5, 0.6) is 5.88 Å². The van der Waals surface area contributed by atoms with Crippen molar-refractivity contribution in [2.45, 2.75) is 44.5 Å². The zero-order valence-electron chi connectivity index (χ0n) is 25.0. The van der Waals surface area contributed by atoms with Crippen LogP contribution >= 0.6 is 11.9 Å². The fourth-order valence-electron chi connectivity index (χ4n) is 4.56. The molecule has 44 heavy (non-hydrogen) atoms. The number of carbonyl (C=O) groups is 1. The Morgan fingerprint density at radius 1 is 1.11 bits per heavy atom. The molecular formula is C32H35F4N5O2S. The summed E-state index contributed by atoms with van der Waals surface area (Å²) in [5.41, 5.74) is 0.754. The number of allylic oxidation sites excluding steroid dienone is 1. The number of hydrogen-bond acceptors (Lipinski definition) is 7. The largest absolute Gasteiger partial charge is 0.478 e. The Hall–Kier alpha value is -3.90. The minimum Gasteiger partial charge on any atom is -0.478 e. The van der Waals surface area contributed by atoms with Crippen LogP contribution in [0.15, 0.2) is 60.8 Å². The molecule has 4 aromatic rings. The van der Waals surface area contributed by atoms with Crippen LogP contribution in [0.4, 0.5) is 23.2 Å². The number of fused-ring (bicyclic) bond motifs is 1. The van der Waals surface area contributed by atoms with Crippen molar-refractivity contribution in [3.05, 3.63) is 83.6 Å². The molecule has 12 heteroatoms. The molecule has 1 aliphatic carbocycles. The van der Waals surface area contributed by atoms with E-state index in [1.165, 1.54) is 6.20 Å². The van der Waals surface area contributed by atoms with Crippen molar-refractivity contribution in [3.63, 3.8) is 0 Å². The number of pyridine rings is 2. The van der Waals surface area contributed by atoms with Gasteiger partial charge < -0.3 is 19.3 Å². The molecule has 2 unspecified atom stereocenters.